The van der Waals surface area contributed by atoms with Crippen molar-refractivity contribution < 1.29 is 9.59 Å². The Morgan fingerprint density at radius 1 is 1.00 bits per heavy atom. The van der Waals surface area contributed by atoms with Crippen molar-refractivity contribution >= 4 is 11.8 Å². The van der Waals surface area contributed by atoms with Gasteiger partial charge in [-0.1, -0.05) is 49.7 Å². The summed E-state index contributed by atoms with van der Waals surface area (Å²) in [5.41, 5.74) is 2.53. The smallest absolute Gasteiger partial charge is 0.253 e. The summed E-state index contributed by atoms with van der Waals surface area (Å²) in [5, 5.41) is 2.91. The van der Waals surface area contributed by atoms with E-state index in [1.807, 2.05) is 11.0 Å². The molecule has 1 aliphatic heterocycles. The van der Waals surface area contributed by atoms with E-state index in [2.05, 4.69) is 36.5 Å². The molecular weight excluding hydrogens is 348 g/mol. The van der Waals surface area contributed by atoms with Crippen molar-refractivity contribution in [1.82, 2.24) is 10.2 Å². The minimum Gasteiger partial charge on any atom is -0.352 e. The van der Waals surface area contributed by atoms with Crippen LogP contribution in [-0.4, -0.2) is 36.3 Å². The number of likely N-dealkylation sites (tertiary alicyclic amines) is 1. The summed E-state index contributed by atoms with van der Waals surface area (Å²) < 4.78 is 0. The highest BCUT2D eigenvalue weighted by Gasteiger charge is 2.24. The number of rotatable bonds is 7. The maximum Gasteiger partial charge on any atom is 0.253 e. The van der Waals surface area contributed by atoms with Gasteiger partial charge in [0.25, 0.3) is 11.8 Å². The number of hydrogen-bond acceptors (Lipinski definition) is 2. The van der Waals surface area contributed by atoms with Crippen LogP contribution in [0.1, 0.15) is 58.9 Å². The number of piperidine rings is 1. The van der Waals surface area contributed by atoms with Crippen molar-refractivity contribution in [2.24, 2.45) is 5.92 Å². The molecule has 1 N–H and O–H groups in total. The minimum atomic E-state index is -0.107. The minimum absolute atomic E-state index is 0.0290. The third-order valence-electron chi connectivity index (χ3n) is 5.46. The van der Waals surface area contributed by atoms with E-state index >= 15 is 0 Å². The van der Waals surface area contributed by atoms with E-state index in [-0.39, 0.29) is 11.8 Å². The zero-order chi connectivity index (χ0) is 19.8. The molecule has 0 unspecified atom stereocenters. The molecule has 0 aromatic heterocycles. The second-order valence-electron chi connectivity index (χ2n) is 7.62. The molecule has 148 valence electrons. The number of nitrogens with zero attached hydrogens (tertiary/aromatic N) is 1. The fourth-order valence-corrected chi connectivity index (χ4v) is 3.74. The molecule has 1 fully saturated rings. The van der Waals surface area contributed by atoms with Crippen molar-refractivity contribution in [3.63, 3.8) is 0 Å². The molecule has 4 heteroatoms. The molecule has 4 nitrogen and oxygen atoms in total. The average Bonchev–Trinajstić information content (AvgIpc) is 2.75. The lowest BCUT2D eigenvalue weighted by molar-refractivity contribution is 0.0690. The molecule has 0 bridgehead atoms. The summed E-state index contributed by atoms with van der Waals surface area (Å²) in [5.74, 6) is 0.549. The third kappa shape index (κ3) is 5.44. The van der Waals surface area contributed by atoms with Gasteiger partial charge < -0.3 is 10.2 Å². The van der Waals surface area contributed by atoms with E-state index in [0.29, 0.717) is 23.6 Å². The van der Waals surface area contributed by atoms with Gasteiger partial charge in [0.1, 0.15) is 0 Å². The van der Waals surface area contributed by atoms with Crippen LogP contribution in [0.2, 0.25) is 0 Å². The number of carbonyl (C=O) groups excluding carboxylic acids is 2. The monoisotopic (exact) mass is 378 g/mol. The predicted octanol–water partition coefficient (Wildman–Crippen LogP) is 4.31. The molecule has 1 heterocycles. The molecule has 0 saturated carbocycles. The van der Waals surface area contributed by atoms with E-state index in [4.69, 9.17) is 0 Å². The molecule has 2 aromatic rings. The zero-order valence-corrected chi connectivity index (χ0v) is 16.7. The van der Waals surface area contributed by atoms with Gasteiger partial charge in [0, 0.05) is 30.8 Å². The lowest BCUT2D eigenvalue weighted by Crippen LogP contribution is -2.39. The van der Waals surface area contributed by atoms with Crippen LogP contribution in [-0.2, 0) is 6.42 Å². The summed E-state index contributed by atoms with van der Waals surface area (Å²) in [7, 11) is 0. The summed E-state index contributed by atoms with van der Waals surface area (Å²) in [4.78, 5) is 27.1. The van der Waals surface area contributed by atoms with E-state index in [9.17, 15) is 9.59 Å². The highest BCUT2D eigenvalue weighted by Crippen LogP contribution is 2.23. The third-order valence-corrected chi connectivity index (χ3v) is 5.46. The quantitative estimate of drug-likeness (QED) is 0.730. The number of benzene rings is 2. The fraction of sp³-hybridized carbons (Fsp3) is 0.417. The molecule has 0 radical (unpaired) electrons. The first-order chi connectivity index (χ1) is 13.7. The Labute approximate surface area is 167 Å². The molecule has 3 rings (SSSR count). The van der Waals surface area contributed by atoms with Crippen LogP contribution in [0.25, 0.3) is 0 Å². The normalized spacial score (nSPS) is 14.7. The van der Waals surface area contributed by atoms with E-state index in [1.54, 1.807) is 24.3 Å². The lowest BCUT2D eigenvalue weighted by Gasteiger charge is -2.32. The topological polar surface area (TPSA) is 49.4 Å². The molecule has 1 saturated heterocycles. The van der Waals surface area contributed by atoms with E-state index < -0.39 is 0 Å². The van der Waals surface area contributed by atoms with Crippen molar-refractivity contribution in [2.45, 2.75) is 39.0 Å². The number of amides is 2. The highest BCUT2D eigenvalue weighted by molar-refractivity contribution is 5.99. The number of unbranched alkanes of at least 4 members (excludes halogenated alkanes) is 1. The standard InChI is InChI=1S/C24H30N2O2/c1-2-3-14-25-23(27)21-10-7-11-22(18-21)24(28)26-15-12-20(13-16-26)17-19-8-5-4-6-9-19/h4-11,18,20H,2-3,12-17H2,1H3,(H,25,27). The lowest BCUT2D eigenvalue weighted by atomic mass is 9.90. The molecule has 2 amide bonds. The van der Waals surface area contributed by atoms with E-state index in [1.165, 1.54) is 5.56 Å². The van der Waals surface area contributed by atoms with Gasteiger partial charge in [0.05, 0.1) is 0 Å². The number of carbonyl (C=O) groups is 2. The van der Waals surface area contributed by atoms with Gasteiger partial charge in [0.15, 0.2) is 0 Å². The SMILES string of the molecule is CCCCNC(=O)c1cccc(C(=O)N2CCC(Cc3ccccc3)CC2)c1. The Bertz CT molecular complexity index is 780. The molecular formula is C24H30N2O2. The van der Waals surface area contributed by atoms with Crippen LogP contribution in [0.5, 0.6) is 0 Å². The first kappa shape index (κ1) is 20.1. The summed E-state index contributed by atoms with van der Waals surface area (Å²) in [6, 6.07) is 17.7. The first-order valence-corrected chi connectivity index (χ1v) is 10.4. The second-order valence-corrected chi connectivity index (χ2v) is 7.62. The molecule has 0 aliphatic carbocycles. The maximum absolute atomic E-state index is 12.9. The predicted molar refractivity (Wildman–Crippen MR) is 112 cm³/mol. The second kappa shape index (κ2) is 10.1. The van der Waals surface area contributed by atoms with Crippen LogP contribution < -0.4 is 5.32 Å². The van der Waals surface area contributed by atoms with Crippen molar-refractivity contribution in [3.8, 4) is 0 Å². The van der Waals surface area contributed by atoms with Gasteiger partial charge in [0.2, 0.25) is 0 Å². The number of hydrogen-bond donors (Lipinski definition) is 1. The zero-order valence-electron chi connectivity index (χ0n) is 16.7. The Hall–Kier alpha value is -2.62. The van der Waals surface area contributed by atoms with Crippen molar-refractivity contribution in [1.29, 1.82) is 0 Å². The molecule has 0 spiro atoms. The Morgan fingerprint density at radius 2 is 1.71 bits per heavy atom. The van der Waals surface area contributed by atoms with Crippen LogP contribution in [0.15, 0.2) is 54.6 Å². The maximum atomic E-state index is 12.9. The fourth-order valence-electron chi connectivity index (χ4n) is 3.74. The van der Waals surface area contributed by atoms with Crippen LogP contribution in [0, 0.1) is 5.92 Å². The number of nitrogens with one attached hydrogen (secondary N) is 1. The molecule has 28 heavy (non-hydrogen) atoms. The van der Waals surface area contributed by atoms with Gasteiger partial charge in [-0.25, -0.2) is 0 Å². The van der Waals surface area contributed by atoms with Crippen molar-refractivity contribution in [2.75, 3.05) is 19.6 Å². The van der Waals surface area contributed by atoms with Crippen LogP contribution in [0.4, 0.5) is 0 Å². The Morgan fingerprint density at radius 3 is 2.43 bits per heavy atom. The van der Waals surface area contributed by atoms with Crippen LogP contribution in [0.3, 0.4) is 0 Å². The molecule has 1 aliphatic rings. The summed E-state index contributed by atoms with van der Waals surface area (Å²) in [6.07, 6.45) is 5.13. The largest absolute Gasteiger partial charge is 0.352 e. The van der Waals surface area contributed by atoms with Gasteiger partial charge in [-0.15, -0.1) is 0 Å². The average molecular weight is 379 g/mol. The van der Waals surface area contributed by atoms with Gasteiger partial charge >= 0.3 is 0 Å². The first-order valence-electron chi connectivity index (χ1n) is 10.4. The van der Waals surface area contributed by atoms with Gasteiger partial charge in [-0.2, -0.15) is 0 Å². The van der Waals surface area contributed by atoms with E-state index in [0.717, 1.165) is 45.2 Å². The molecule has 2 aromatic carbocycles. The van der Waals surface area contributed by atoms with Gasteiger partial charge in [-0.05, 0) is 55.4 Å². The van der Waals surface area contributed by atoms with Gasteiger partial charge in [-0.3, -0.25) is 9.59 Å². The van der Waals surface area contributed by atoms with Crippen molar-refractivity contribution in [3.05, 3.63) is 71.3 Å². The summed E-state index contributed by atoms with van der Waals surface area (Å²) >= 11 is 0. The Balaban J connectivity index is 1.55. The highest BCUT2D eigenvalue weighted by atomic mass is 16.2. The molecule has 0 atom stereocenters. The van der Waals surface area contributed by atoms with Crippen LogP contribution >= 0.6 is 0 Å². The Kier molecular flexibility index (Phi) is 7.24. The summed E-state index contributed by atoms with van der Waals surface area (Å²) in [6.45, 7) is 4.32.